The quantitative estimate of drug-likeness (QED) is 0.641. The molecule has 0 saturated heterocycles. The van der Waals surface area contributed by atoms with E-state index in [1.54, 1.807) is 6.08 Å². The lowest BCUT2D eigenvalue weighted by Crippen LogP contribution is -1.81. The molecule has 0 bridgehead atoms. The van der Waals surface area contributed by atoms with Crippen molar-refractivity contribution < 1.29 is 0 Å². The minimum Gasteiger partial charge on any atom is -0.309 e. The highest BCUT2D eigenvalue weighted by molar-refractivity contribution is 5.76. The molecule has 0 unspecified atom stereocenters. The Morgan fingerprint density at radius 3 is 2.58 bits per heavy atom. The van der Waals surface area contributed by atoms with E-state index < -0.39 is 0 Å². The number of allylic oxidation sites excluding steroid dienone is 1. The van der Waals surface area contributed by atoms with E-state index >= 15 is 0 Å². The van der Waals surface area contributed by atoms with E-state index in [0.717, 1.165) is 0 Å². The normalized spacial score (nSPS) is 10.5. The summed E-state index contributed by atoms with van der Waals surface area (Å²) in [5, 5.41) is 6.85. The van der Waals surface area contributed by atoms with Gasteiger partial charge in [-0.05, 0) is 31.1 Å². The summed E-state index contributed by atoms with van der Waals surface area (Å²) in [5.41, 5.74) is 3.72. The van der Waals surface area contributed by atoms with Crippen molar-refractivity contribution in [2.24, 2.45) is 0 Å². The summed E-state index contributed by atoms with van der Waals surface area (Å²) in [4.78, 5) is 0. The van der Waals surface area contributed by atoms with E-state index in [2.05, 4.69) is 32.0 Å². The van der Waals surface area contributed by atoms with Gasteiger partial charge in [-0.3, -0.25) is 0 Å². The minimum absolute atomic E-state index is 1.18. The average molecular weight is 159 g/mol. The summed E-state index contributed by atoms with van der Waals surface area (Å²) in [7, 11) is 0. The van der Waals surface area contributed by atoms with Crippen molar-refractivity contribution in [2.45, 2.75) is 13.8 Å². The third kappa shape index (κ3) is 2.06. The van der Waals surface area contributed by atoms with Crippen LogP contribution in [0.25, 0.3) is 6.08 Å². The molecule has 0 aliphatic heterocycles. The Hall–Kier alpha value is -1.37. The summed E-state index contributed by atoms with van der Waals surface area (Å²) >= 11 is 0. The second-order valence-corrected chi connectivity index (χ2v) is 2.89. The Balaban J connectivity index is 3.01. The van der Waals surface area contributed by atoms with Crippen LogP contribution in [0.3, 0.4) is 0 Å². The standard InChI is InChI=1S/C11H13N/c1-9-5-6-11(4-3-7-12)10(2)8-9/h3-8,12H,1-2H3/b4-3-,12-7?. The molecule has 0 heterocycles. The van der Waals surface area contributed by atoms with Crippen LogP contribution in [0.4, 0.5) is 0 Å². The molecule has 1 N–H and O–H groups in total. The largest absolute Gasteiger partial charge is 0.309 e. The van der Waals surface area contributed by atoms with E-state index in [4.69, 9.17) is 5.41 Å². The Morgan fingerprint density at radius 2 is 2.00 bits per heavy atom. The van der Waals surface area contributed by atoms with E-state index in [1.807, 2.05) is 6.08 Å². The molecule has 1 nitrogen and oxygen atoms in total. The zero-order chi connectivity index (χ0) is 8.97. The Morgan fingerprint density at radius 1 is 1.25 bits per heavy atom. The number of nitrogens with one attached hydrogen (secondary N) is 1. The first kappa shape index (κ1) is 8.72. The first-order valence-corrected chi connectivity index (χ1v) is 3.98. The lowest BCUT2D eigenvalue weighted by molar-refractivity contribution is 1.37. The van der Waals surface area contributed by atoms with Crippen molar-refractivity contribution in [2.75, 3.05) is 0 Å². The smallest absolute Gasteiger partial charge is 0.0177 e. The third-order valence-corrected chi connectivity index (χ3v) is 1.80. The van der Waals surface area contributed by atoms with Gasteiger partial charge in [0.25, 0.3) is 0 Å². The Bertz CT molecular complexity index is 311. The van der Waals surface area contributed by atoms with Gasteiger partial charge in [-0.1, -0.05) is 29.8 Å². The molecular weight excluding hydrogens is 146 g/mol. The summed E-state index contributed by atoms with van der Waals surface area (Å²) in [6, 6.07) is 6.30. The van der Waals surface area contributed by atoms with Crippen LogP contribution < -0.4 is 0 Å². The predicted molar refractivity (Wildman–Crippen MR) is 53.7 cm³/mol. The second kappa shape index (κ2) is 3.86. The van der Waals surface area contributed by atoms with Crippen molar-refractivity contribution in [1.82, 2.24) is 0 Å². The number of hydrogen-bond donors (Lipinski definition) is 1. The van der Waals surface area contributed by atoms with Crippen LogP contribution in [0.5, 0.6) is 0 Å². The maximum Gasteiger partial charge on any atom is 0.0177 e. The van der Waals surface area contributed by atoms with Crippen LogP contribution in [-0.2, 0) is 0 Å². The molecule has 0 amide bonds. The van der Waals surface area contributed by atoms with Crippen LogP contribution in [0.2, 0.25) is 0 Å². The molecular formula is C11H13N. The summed E-state index contributed by atoms with van der Waals surface area (Å²) in [6.45, 7) is 4.16. The number of aryl methyl sites for hydroxylation is 2. The fraction of sp³-hybridized carbons (Fsp3) is 0.182. The highest BCUT2D eigenvalue weighted by atomic mass is 14.3. The van der Waals surface area contributed by atoms with Gasteiger partial charge in [-0.2, -0.15) is 0 Å². The van der Waals surface area contributed by atoms with Crippen LogP contribution in [0, 0.1) is 19.3 Å². The topological polar surface area (TPSA) is 23.9 Å². The van der Waals surface area contributed by atoms with Gasteiger partial charge in [0.2, 0.25) is 0 Å². The van der Waals surface area contributed by atoms with Gasteiger partial charge in [0.05, 0.1) is 0 Å². The summed E-state index contributed by atoms with van der Waals surface area (Å²) < 4.78 is 0. The zero-order valence-corrected chi connectivity index (χ0v) is 7.46. The lowest BCUT2D eigenvalue weighted by atomic mass is 10.1. The molecule has 62 valence electrons. The number of benzene rings is 1. The molecule has 0 aromatic heterocycles. The molecule has 0 saturated carbocycles. The van der Waals surface area contributed by atoms with E-state index in [-0.39, 0.29) is 0 Å². The van der Waals surface area contributed by atoms with Crippen LogP contribution >= 0.6 is 0 Å². The Labute approximate surface area is 73.3 Å². The molecule has 0 atom stereocenters. The molecule has 1 aromatic carbocycles. The molecule has 0 spiro atoms. The van der Waals surface area contributed by atoms with Crippen LogP contribution in [0.15, 0.2) is 24.3 Å². The SMILES string of the molecule is Cc1ccc(/C=C\C=N)c(C)c1. The van der Waals surface area contributed by atoms with E-state index in [9.17, 15) is 0 Å². The van der Waals surface area contributed by atoms with Crippen LogP contribution in [-0.4, -0.2) is 6.21 Å². The van der Waals surface area contributed by atoms with Gasteiger partial charge in [0.1, 0.15) is 0 Å². The minimum atomic E-state index is 1.18. The van der Waals surface area contributed by atoms with Crippen LogP contribution in [0.1, 0.15) is 16.7 Å². The predicted octanol–water partition coefficient (Wildman–Crippen LogP) is 2.97. The molecule has 1 aromatic rings. The van der Waals surface area contributed by atoms with E-state index in [0.29, 0.717) is 0 Å². The maximum atomic E-state index is 6.85. The molecule has 1 heteroatoms. The summed E-state index contributed by atoms with van der Waals surface area (Å²) in [5.74, 6) is 0. The van der Waals surface area contributed by atoms with Gasteiger partial charge in [-0.15, -0.1) is 0 Å². The highest BCUT2D eigenvalue weighted by Gasteiger charge is 1.92. The van der Waals surface area contributed by atoms with Gasteiger partial charge in [0, 0.05) is 6.21 Å². The molecule has 12 heavy (non-hydrogen) atoms. The molecule has 0 radical (unpaired) electrons. The van der Waals surface area contributed by atoms with Gasteiger partial charge in [-0.25, -0.2) is 0 Å². The van der Waals surface area contributed by atoms with Crippen molar-refractivity contribution >= 4 is 12.3 Å². The van der Waals surface area contributed by atoms with Gasteiger partial charge in [0.15, 0.2) is 0 Å². The maximum absolute atomic E-state index is 6.85. The molecule has 1 rings (SSSR count). The molecule has 0 aliphatic carbocycles. The first-order chi connectivity index (χ1) is 5.74. The number of rotatable bonds is 2. The zero-order valence-electron chi connectivity index (χ0n) is 7.46. The number of hydrogen-bond acceptors (Lipinski definition) is 1. The highest BCUT2D eigenvalue weighted by Crippen LogP contribution is 2.11. The van der Waals surface area contributed by atoms with Crippen molar-refractivity contribution in [3.05, 3.63) is 41.0 Å². The molecule has 0 fully saturated rings. The monoisotopic (exact) mass is 159 g/mol. The van der Waals surface area contributed by atoms with Crippen molar-refractivity contribution in [1.29, 1.82) is 5.41 Å². The summed E-state index contributed by atoms with van der Waals surface area (Å²) in [6.07, 6.45) is 4.97. The van der Waals surface area contributed by atoms with Crippen molar-refractivity contribution in [3.63, 3.8) is 0 Å². The van der Waals surface area contributed by atoms with Crippen molar-refractivity contribution in [3.8, 4) is 0 Å². The third-order valence-electron chi connectivity index (χ3n) is 1.80. The lowest BCUT2D eigenvalue weighted by Gasteiger charge is -2.00. The average Bonchev–Trinajstić information content (AvgIpc) is 2.03. The fourth-order valence-corrected chi connectivity index (χ4v) is 1.16. The fourth-order valence-electron chi connectivity index (χ4n) is 1.16. The van der Waals surface area contributed by atoms with E-state index in [1.165, 1.54) is 22.9 Å². The van der Waals surface area contributed by atoms with Gasteiger partial charge >= 0.3 is 0 Å². The van der Waals surface area contributed by atoms with Gasteiger partial charge < -0.3 is 5.41 Å². The second-order valence-electron chi connectivity index (χ2n) is 2.89. The molecule has 0 aliphatic rings. The first-order valence-electron chi connectivity index (χ1n) is 3.98. The Kier molecular flexibility index (Phi) is 2.81.